The van der Waals surface area contributed by atoms with Crippen molar-refractivity contribution in [2.45, 2.75) is 114 Å². The quantitative estimate of drug-likeness (QED) is 0.123. The summed E-state index contributed by atoms with van der Waals surface area (Å²) in [5.41, 5.74) is 10.5. The van der Waals surface area contributed by atoms with E-state index >= 15 is 8.78 Å². The predicted molar refractivity (Wildman–Crippen MR) is 209 cm³/mol. The molecule has 4 N–H and O–H groups in total. The van der Waals surface area contributed by atoms with Gasteiger partial charge in [0.2, 0.25) is 0 Å². The van der Waals surface area contributed by atoms with Gasteiger partial charge in [-0.05, 0) is 72.4 Å². The summed E-state index contributed by atoms with van der Waals surface area (Å²) < 4.78 is 54.1. The number of anilines is 1. The standard InChI is InChI=1S/C41H51F3N6O3Si/c1-23(2)54(24(3)4,25(5)6)16-12-29-32(43)11-10-26-17-28(51)18-30(34(26)29)36-35(44)37-31(20-46-36)39(50-15-7-9-33(52)38(50)45)48-40(47-37)53-22-41-13-8-14-49(41)21-27(42)19-41/h10-11,17-18,20,23-25,27,33,38,51-52H,7-9,13-15,19,21-22,45H2,1-6H3/t27-,33+,38?,41+/m1/s1. The van der Waals surface area contributed by atoms with Crippen molar-refractivity contribution in [1.82, 2.24) is 19.9 Å². The van der Waals surface area contributed by atoms with E-state index in [9.17, 15) is 14.6 Å². The fraction of sp³-hybridized carbons (Fsp3) is 0.537. The highest BCUT2D eigenvalue weighted by Gasteiger charge is 2.49. The number of halogens is 3. The average Bonchev–Trinajstić information content (AvgIpc) is 3.64. The summed E-state index contributed by atoms with van der Waals surface area (Å²) in [4.78, 5) is 17.7. The van der Waals surface area contributed by atoms with Gasteiger partial charge in [-0.25, -0.2) is 13.2 Å². The number of ether oxygens (including phenoxy) is 1. The number of aromatic nitrogens is 3. The van der Waals surface area contributed by atoms with Gasteiger partial charge in [0.15, 0.2) is 5.82 Å². The van der Waals surface area contributed by atoms with Crippen LogP contribution < -0.4 is 15.4 Å². The molecule has 4 aromatic rings. The Kier molecular flexibility index (Phi) is 10.4. The molecule has 0 amide bonds. The van der Waals surface area contributed by atoms with Crippen LogP contribution >= 0.6 is 0 Å². The molecule has 3 fully saturated rings. The highest BCUT2D eigenvalue weighted by Crippen LogP contribution is 2.44. The van der Waals surface area contributed by atoms with Crippen molar-refractivity contribution in [3.8, 4) is 34.5 Å². The molecule has 0 bridgehead atoms. The maximum atomic E-state index is 17.3. The number of rotatable bonds is 8. The van der Waals surface area contributed by atoms with E-state index in [1.165, 1.54) is 24.4 Å². The molecule has 0 saturated carbocycles. The van der Waals surface area contributed by atoms with E-state index < -0.39 is 43.7 Å². The summed E-state index contributed by atoms with van der Waals surface area (Å²) in [5.74, 6) is 1.97. The predicted octanol–water partition coefficient (Wildman–Crippen LogP) is 7.60. The van der Waals surface area contributed by atoms with Crippen LogP contribution in [0.2, 0.25) is 16.6 Å². The molecule has 3 aliphatic rings. The van der Waals surface area contributed by atoms with Gasteiger partial charge in [-0.3, -0.25) is 9.88 Å². The monoisotopic (exact) mass is 760 g/mol. The van der Waals surface area contributed by atoms with Crippen LogP contribution in [0.1, 0.15) is 79.2 Å². The number of aliphatic hydroxyl groups is 1. The number of aliphatic hydroxyl groups excluding tert-OH is 1. The largest absolute Gasteiger partial charge is 0.508 e. The Balaban J connectivity index is 1.41. The molecule has 13 heteroatoms. The molecular formula is C41H51F3N6O3Si. The van der Waals surface area contributed by atoms with Crippen LogP contribution in [0, 0.1) is 23.1 Å². The number of aromatic hydroxyl groups is 1. The van der Waals surface area contributed by atoms with Crippen molar-refractivity contribution in [3.05, 3.63) is 47.7 Å². The number of nitrogens with two attached hydrogens (primary N) is 1. The highest BCUT2D eigenvalue weighted by molar-refractivity contribution is 6.90. The lowest BCUT2D eigenvalue weighted by Gasteiger charge is -2.38. The SMILES string of the molecule is CC(C)[Si](C#Cc1c(F)ccc2cc(O)cc(-c3ncc4c(N5CCC[C@H](O)C5N)nc(OC[C@@]56CCCN5C[C@H](F)C6)nc4c3F)c12)(C(C)C)C(C)C. The number of phenolic OH excluding ortho intramolecular Hbond substituents is 1. The Morgan fingerprint density at radius 2 is 1.80 bits per heavy atom. The number of pyridine rings is 1. The molecule has 3 saturated heterocycles. The molecule has 2 aromatic carbocycles. The zero-order valence-electron chi connectivity index (χ0n) is 32.0. The lowest BCUT2D eigenvalue weighted by molar-refractivity contribution is 0.106. The third kappa shape index (κ3) is 6.48. The van der Waals surface area contributed by atoms with Crippen LogP contribution in [-0.2, 0) is 0 Å². The van der Waals surface area contributed by atoms with Crippen LogP contribution in [0.15, 0.2) is 30.5 Å². The van der Waals surface area contributed by atoms with Gasteiger partial charge in [-0.15, -0.1) is 5.54 Å². The summed E-state index contributed by atoms with van der Waals surface area (Å²) in [6.45, 7) is 14.8. The number of hydrogen-bond acceptors (Lipinski definition) is 9. The maximum absolute atomic E-state index is 17.3. The fourth-order valence-corrected chi connectivity index (χ4v) is 14.9. The van der Waals surface area contributed by atoms with Crippen molar-refractivity contribution in [3.63, 3.8) is 0 Å². The second kappa shape index (κ2) is 14.6. The van der Waals surface area contributed by atoms with Crippen molar-refractivity contribution in [1.29, 1.82) is 0 Å². The Morgan fingerprint density at radius 3 is 2.52 bits per heavy atom. The van der Waals surface area contributed by atoms with Gasteiger partial charge in [0.05, 0.1) is 22.6 Å². The molecule has 4 atom stereocenters. The molecule has 1 unspecified atom stereocenters. The van der Waals surface area contributed by atoms with E-state index in [1.54, 1.807) is 11.0 Å². The fourth-order valence-electron chi connectivity index (χ4n) is 9.72. The van der Waals surface area contributed by atoms with Gasteiger partial charge in [-0.2, -0.15) is 9.97 Å². The van der Waals surface area contributed by atoms with E-state index in [2.05, 4.69) is 67.9 Å². The minimum absolute atomic E-state index is 0.111. The highest BCUT2D eigenvalue weighted by atomic mass is 28.3. The summed E-state index contributed by atoms with van der Waals surface area (Å²) in [6, 6.07) is 5.64. The topological polar surface area (TPSA) is 121 Å². The second-order valence-electron chi connectivity index (χ2n) is 16.4. The lowest BCUT2D eigenvalue weighted by atomic mass is 9.95. The first kappa shape index (κ1) is 38.3. The van der Waals surface area contributed by atoms with Crippen LogP contribution in [0.4, 0.5) is 19.0 Å². The number of phenols is 1. The first-order valence-electron chi connectivity index (χ1n) is 19.2. The molecule has 5 heterocycles. The summed E-state index contributed by atoms with van der Waals surface area (Å²) in [6.07, 6.45) is 1.97. The molecule has 2 aromatic heterocycles. The minimum Gasteiger partial charge on any atom is -0.508 e. The molecule has 0 aliphatic carbocycles. The Morgan fingerprint density at radius 1 is 1.06 bits per heavy atom. The Labute approximate surface area is 316 Å². The number of piperidine rings is 1. The third-order valence-corrected chi connectivity index (χ3v) is 18.7. The van der Waals surface area contributed by atoms with Gasteiger partial charge in [0, 0.05) is 36.7 Å². The molecular weight excluding hydrogens is 710 g/mol. The Hall–Kier alpha value is -3.96. The van der Waals surface area contributed by atoms with Crippen LogP contribution in [0.25, 0.3) is 32.9 Å². The second-order valence-corrected chi connectivity index (χ2v) is 22.0. The van der Waals surface area contributed by atoms with Gasteiger partial charge >= 0.3 is 6.01 Å². The summed E-state index contributed by atoms with van der Waals surface area (Å²) in [5, 5.41) is 22.7. The van der Waals surface area contributed by atoms with Crippen LogP contribution in [0.5, 0.6) is 11.8 Å². The summed E-state index contributed by atoms with van der Waals surface area (Å²) >= 11 is 0. The number of fused-ring (bicyclic) bond motifs is 3. The molecule has 3 aliphatic heterocycles. The van der Waals surface area contributed by atoms with E-state index in [0.29, 0.717) is 59.7 Å². The molecule has 0 spiro atoms. The van der Waals surface area contributed by atoms with Gasteiger partial charge in [0.1, 0.15) is 55.6 Å². The van der Waals surface area contributed by atoms with Crippen molar-refractivity contribution in [2.75, 3.05) is 31.1 Å². The average molecular weight is 761 g/mol. The van der Waals surface area contributed by atoms with Crippen LogP contribution in [-0.4, -0.2) is 88.4 Å². The number of hydrogen-bond donors (Lipinski definition) is 3. The number of alkyl halides is 1. The molecule has 288 valence electrons. The van der Waals surface area contributed by atoms with Gasteiger partial charge in [0.25, 0.3) is 0 Å². The molecule has 9 nitrogen and oxygen atoms in total. The number of benzene rings is 2. The van der Waals surface area contributed by atoms with E-state index in [4.69, 9.17) is 15.5 Å². The zero-order valence-corrected chi connectivity index (χ0v) is 33.0. The van der Waals surface area contributed by atoms with E-state index in [0.717, 1.165) is 19.4 Å². The first-order chi connectivity index (χ1) is 25.7. The van der Waals surface area contributed by atoms with E-state index in [1.807, 2.05) is 0 Å². The molecule has 7 rings (SSSR count). The van der Waals surface area contributed by atoms with Gasteiger partial charge < -0.3 is 25.6 Å². The smallest absolute Gasteiger partial charge is 0.319 e. The number of nitrogens with zero attached hydrogens (tertiary/aromatic N) is 5. The molecule has 0 radical (unpaired) electrons. The van der Waals surface area contributed by atoms with Crippen molar-refractivity contribution >= 4 is 35.6 Å². The normalized spacial score (nSPS) is 23.5. The van der Waals surface area contributed by atoms with E-state index in [-0.39, 0.29) is 51.9 Å². The zero-order chi connectivity index (χ0) is 38.7. The third-order valence-electron chi connectivity index (χ3n) is 12.4. The van der Waals surface area contributed by atoms with Crippen molar-refractivity contribution < 1.29 is 28.1 Å². The minimum atomic E-state index is -2.30. The molecule has 54 heavy (non-hydrogen) atoms. The summed E-state index contributed by atoms with van der Waals surface area (Å²) in [7, 11) is -2.30. The first-order valence-corrected chi connectivity index (χ1v) is 21.5. The van der Waals surface area contributed by atoms with Gasteiger partial charge in [-0.1, -0.05) is 53.5 Å². The van der Waals surface area contributed by atoms with Crippen LogP contribution in [0.3, 0.4) is 0 Å². The lowest BCUT2D eigenvalue weighted by Crippen LogP contribution is -2.54. The van der Waals surface area contributed by atoms with Crippen molar-refractivity contribution in [2.24, 2.45) is 5.73 Å². The maximum Gasteiger partial charge on any atom is 0.319 e. The Bertz CT molecular complexity index is 2120.